The standard InChI is InChI=1S/C19H14ClN7O4S/c1-27-14(19(29)31-26-27)11-8(6-21)16(23)25-18-12(11)13(22)15(32-18)17(28)24-9-5-7(20)3-4-10(9)30-2/h3-5H,1-2H3,(H5-,22,23,24,25,26,28,29)/p+1. The van der Waals surface area contributed by atoms with Crippen molar-refractivity contribution in [2.75, 3.05) is 23.9 Å². The van der Waals surface area contributed by atoms with E-state index in [0.717, 1.165) is 11.3 Å². The van der Waals surface area contributed by atoms with Crippen LogP contribution in [0, 0.1) is 11.3 Å². The number of nitriles is 1. The van der Waals surface area contributed by atoms with Crippen LogP contribution in [0.1, 0.15) is 15.2 Å². The molecule has 0 fully saturated rings. The van der Waals surface area contributed by atoms with E-state index in [1.807, 2.05) is 6.07 Å². The molecule has 13 heteroatoms. The highest BCUT2D eigenvalue weighted by Gasteiger charge is 2.32. The molecule has 4 aromatic rings. The highest BCUT2D eigenvalue weighted by atomic mass is 35.5. The lowest BCUT2D eigenvalue weighted by atomic mass is 10.0. The number of aromatic nitrogens is 3. The van der Waals surface area contributed by atoms with Gasteiger partial charge in [-0.2, -0.15) is 5.26 Å². The summed E-state index contributed by atoms with van der Waals surface area (Å²) in [5.41, 5.74) is 12.0. The molecule has 0 radical (unpaired) electrons. The van der Waals surface area contributed by atoms with E-state index in [2.05, 4.69) is 15.6 Å². The minimum atomic E-state index is -0.740. The van der Waals surface area contributed by atoms with Gasteiger partial charge >= 0.3 is 11.3 Å². The van der Waals surface area contributed by atoms with E-state index in [9.17, 15) is 14.9 Å². The predicted octanol–water partition coefficient (Wildman–Crippen LogP) is 2.02. The van der Waals surface area contributed by atoms with Gasteiger partial charge < -0.3 is 21.5 Å². The number of anilines is 3. The average molecular weight is 473 g/mol. The maximum atomic E-state index is 13.1. The van der Waals surface area contributed by atoms with Crippen molar-refractivity contribution >= 4 is 56.3 Å². The fourth-order valence-corrected chi connectivity index (χ4v) is 4.44. The summed E-state index contributed by atoms with van der Waals surface area (Å²) in [6.45, 7) is 0. The Balaban J connectivity index is 1.93. The largest absolute Gasteiger partial charge is 0.495 e. The van der Waals surface area contributed by atoms with Crippen molar-refractivity contribution in [3.8, 4) is 23.1 Å². The predicted molar refractivity (Wildman–Crippen MR) is 119 cm³/mol. The maximum Gasteiger partial charge on any atom is 0.435 e. The number of nitrogens with one attached hydrogen (secondary N) is 2. The number of rotatable bonds is 4. The number of nitrogen functional groups attached to an aromatic ring is 2. The van der Waals surface area contributed by atoms with E-state index < -0.39 is 11.5 Å². The monoisotopic (exact) mass is 472 g/mol. The number of nitrogens with zero attached hydrogens (tertiary/aromatic N) is 3. The number of nitrogens with two attached hydrogens (primary N) is 2. The lowest BCUT2D eigenvalue weighted by molar-refractivity contribution is -0.730. The van der Waals surface area contributed by atoms with Gasteiger partial charge in [-0.05, 0) is 23.5 Å². The average Bonchev–Trinajstić information content (AvgIpc) is 3.26. The molecule has 1 aromatic carbocycles. The van der Waals surface area contributed by atoms with Crippen LogP contribution in [0.25, 0.3) is 21.5 Å². The molecule has 0 spiro atoms. The van der Waals surface area contributed by atoms with Crippen molar-refractivity contribution in [3.63, 3.8) is 0 Å². The van der Waals surface area contributed by atoms with Crippen LogP contribution in [-0.2, 0) is 7.05 Å². The molecular weight excluding hydrogens is 458 g/mol. The van der Waals surface area contributed by atoms with Gasteiger partial charge in [-0.15, -0.1) is 11.3 Å². The first-order valence-electron chi connectivity index (χ1n) is 8.91. The topological polar surface area (TPSA) is 177 Å². The Morgan fingerprint density at radius 1 is 1.44 bits per heavy atom. The number of carbonyl (C=O) groups excluding carboxylic acids is 1. The zero-order chi connectivity index (χ0) is 23.2. The van der Waals surface area contributed by atoms with Crippen molar-refractivity contribution in [2.24, 2.45) is 7.05 Å². The first-order chi connectivity index (χ1) is 15.3. The number of aryl methyl sites for hydroxylation is 1. The number of aromatic amines is 1. The van der Waals surface area contributed by atoms with Crippen molar-refractivity contribution in [2.45, 2.75) is 0 Å². The number of pyridine rings is 1. The van der Waals surface area contributed by atoms with Gasteiger partial charge in [0.2, 0.25) is 0 Å². The number of carbonyl (C=O) groups is 1. The van der Waals surface area contributed by atoms with E-state index >= 15 is 0 Å². The number of hydrogen-bond acceptors (Lipinski definition) is 9. The van der Waals surface area contributed by atoms with Gasteiger partial charge in [-0.25, -0.2) is 9.78 Å². The number of thiophene rings is 1. The molecule has 3 aromatic heterocycles. The molecule has 6 N–H and O–H groups in total. The van der Waals surface area contributed by atoms with E-state index in [4.69, 9.17) is 32.3 Å². The Hall–Kier alpha value is -4.08. The Kier molecular flexibility index (Phi) is 5.21. The first kappa shape index (κ1) is 21.2. The summed E-state index contributed by atoms with van der Waals surface area (Å²) in [6.07, 6.45) is 0. The lowest BCUT2D eigenvalue weighted by Crippen LogP contribution is -2.34. The number of benzene rings is 1. The van der Waals surface area contributed by atoms with Gasteiger partial charge in [0.05, 0.1) is 29.4 Å². The molecule has 4 rings (SSSR count). The van der Waals surface area contributed by atoms with Crippen LogP contribution in [0.2, 0.25) is 5.02 Å². The summed E-state index contributed by atoms with van der Waals surface area (Å²) < 4.78 is 11.3. The van der Waals surface area contributed by atoms with Crippen molar-refractivity contribution in [3.05, 3.63) is 44.1 Å². The summed E-state index contributed by atoms with van der Waals surface area (Å²) in [7, 11) is 2.98. The summed E-state index contributed by atoms with van der Waals surface area (Å²) in [6, 6.07) is 6.71. The van der Waals surface area contributed by atoms with Crippen LogP contribution in [0.15, 0.2) is 27.5 Å². The zero-order valence-electron chi connectivity index (χ0n) is 16.6. The third-order valence-electron chi connectivity index (χ3n) is 4.67. The van der Waals surface area contributed by atoms with E-state index in [1.165, 1.54) is 24.9 Å². The molecule has 11 nitrogen and oxygen atoms in total. The molecule has 0 saturated heterocycles. The number of fused-ring (bicyclic) bond motifs is 1. The quantitative estimate of drug-likeness (QED) is 0.326. The van der Waals surface area contributed by atoms with Gasteiger partial charge in [0, 0.05) is 5.02 Å². The third kappa shape index (κ3) is 3.29. The maximum absolute atomic E-state index is 13.1. The SMILES string of the molecule is COc1ccc(Cl)cc1NC(=O)c1sc2nc(N)c(C#N)c(-c3c(=O)o[nH][n+]3C)c2c1N. The first-order valence-corrected chi connectivity index (χ1v) is 10.1. The molecular formula is C19H15ClN7O4S+. The van der Waals surface area contributed by atoms with Crippen LogP contribution < -0.4 is 31.8 Å². The molecule has 162 valence electrons. The third-order valence-corrected chi connectivity index (χ3v) is 6.01. The summed E-state index contributed by atoms with van der Waals surface area (Å²) in [5, 5.41) is 15.4. The summed E-state index contributed by atoms with van der Waals surface area (Å²) in [5.74, 6) is -0.269. The van der Waals surface area contributed by atoms with E-state index in [0.29, 0.717) is 16.5 Å². The van der Waals surface area contributed by atoms with Gasteiger partial charge in [0.25, 0.3) is 5.91 Å². The molecule has 0 aliphatic heterocycles. The minimum Gasteiger partial charge on any atom is -0.495 e. The Labute approximate surface area is 188 Å². The molecule has 32 heavy (non-hydrogen) atoms. The number of halogens is 1. The van der Waals surface area contributed by atoms with Gasteiger partial charge in [0.1, 0.15) is 32.9 Å². The van der Waals surface area contributed by atoms with Crippen LogP contribution in [-0.4, -0.2) is 23.3 Å². The van der Waals surface area contributed by atoms with Gasteiger partial charge in [0.15, 0.2) is 7.05 Å². The van der Waals surface area contributed by atoms with Gasteiger partial charge in [-0.1, -0.05) is 16.3 Å². The van der Waals surface area contributed by atoms with Crippen LogP contribution in [0.4, 0.5) is 17.2 Å². The van der Waals surface area contributed by atoms with Crippen LogP contribution in [0.5, 0.6) is 5.75 Å². The molecule has 0 unspecified atom stereocenters. The zero-order valence-corrected chi connectivity index (χ0v) is 18.2. The Bertz CT molecular complexity index is 1500. The molecule has 0 aliphatic carbocycles. The van der Waals surface area contributed by atoms with Crippen molar-refractivity contribution in [1.29, 1.82) is 5.26 Å². The minimum absolute atomic E-state index is 0.00798. The van der Waals surface area contributed by atoms with Gasteiger partial charge in [-0.3, -0.25) is 9.32 Å². The smallest absolute Gasteiger partial charge is 0.435 e. The Morgan fingerprint density at radius 2 is 2.19 bits per heavy atom. The van der Waals surface area contributed by atoms with Crippen LogP contribution >= 0.6 is 22.9 Å². The molecule has 0 aliphatic rings. The fourth-order valence-electron chi connectivity index (χ4n) is 3.26. The molecule has 0 bridgehead atoms. The number of methoxy groups -OCH3 is 1. The summed E-state index contributed by atoms with van der Waals surface area (Å²) >= 11 is 6.99. The highest BCUT2D eigenvalue weighted by molar-refractivity contribution is 7.21. The van der Waals surface area contributed by atoms with E-state index in [-0.39, 0.29) is 43.4 Å². The number of amides is 1. The van der Waals surface area contributed by atoms with Crippen molar-refractivity contribution in [1.82, 2.24) is 10.3 Å². The molecule has 0 saturated carbocycles. The number of H-pyrrole nitrogens is 1. The van der Waals surface area contributed by atoms with Crippen molar-refractivity contribution < 1.29 is 18.7 Å². The number of ether oxygens (including phenoxy) is 1. The second-order valence-corrected chi connectivity index (χ2v) is 8.01. The highest BCUT2D eigenvalue weighted by Crippen LogP contribution is 2.41. The molecule has 0 atom stereocenters. The second kappa shape index (κ2) is 7.88. The van der Waals surface area contributed by atoms with Crippen LogP contribution in [0.3, 0.4) is 0 Å². The lowest BCUT2D eigenvalue weighted by Gasteiger charge is -2.10. The fraction of sp³-hybridized carbons (Fsp3) is 0.105. The number of hydrogen-bond donors (Lipinski definition) is 4. The Morgan fingerprint density at radius 3 is 2.81 bits per heavy atom. The summed E-state index contributed by atoms with van der Waals surface area (Å²) in [4.78, 5) is 30.0. The normalized spacial score (nSPS) is 10.8. The second-order valence-electron chi connectivity index (χ2n) is 6.57. The molecule has 1 amide bonds. The van der Waals surface area contributed by atoms with E-state index in [1.54, 1.807) is 12.1 Å². The molecule has 3 heterocycles.